The molecule has 10 heavy (non-hydrogen) atoms. The van der Waals surface area contributed by atoms with E-state index in [4.69, 9.17) is 9.47 Å². The lowest BCUT2D eigenvalue weighted by atomic mass is 10.4. The monoisotopic (exact) mass is 142 g/mol. The quantitative estimate of drug-likeness (QED) is 0.516. The minimum Gasteiger partial charge on any atom is -0.454 e. The van der Waals surface area contributed by atoms with Crippen molar-refractivity contribution in [1.29, 1.82) is 0 Å². The van der Waals surface area contributed by atoms with E-state index in [-0.39, 0.29) is 0 Å². The summed E-state index contributed by atoms with van der Waals surface area (Å²) in [5.41, 5.74) is 0. The van der Waals surface area contributed by atoms with Crippen LogP contribution in [-0.2, 0) is 14.3 Å². The average Bonchev–Trinajstić information content (AvgIpc) is 2.05. The van der Waals surface area contributed by atoms with Crippen molar-refractivity contribution in [2.75, 3.05) is 0 Å². The summed E-state index contributed by atoms with van der Waals surface area (Å²) in [6, 6.07) is 0. The SMILES string of the molecule is CC1=C(C=O)OC(C)(C)O1. The molecule has 0 aromatic rings. The Morgan fingerprint density at radius 3 is 2.20 bits per heavy atom. The summed E-state index contributed by atoms with van der Waals surface area (Å²) in [5.74, 6) is 0.186. The van der Waals surface area contributed by atoms with Gasteiger partial charge < -0.3 is 9.47 Å². The normalized spacial score (nSPS) is 21.9. The highest BCUT2D eigenvalue weighted by Gasteiger charge is 2.31. The summed E-state index contributed by atoms with van der Waals surface area (Å²) < 4.78 is 10.3. The summed E-state index contributed by atoms with van der Waals surface area (Å²) in [7, 11) is 0. The van der Waals surface area contributed by atoms with E-state index in [2.05, 4.69) is 0 Å². The zero-order valence-electron chi connectivity index (χ0n) is 6.30. The third-order valence-electron chi connectivity index (χ3n) is 1.21. The molecule has 0 spiro atoms. The molecule has 0 fully saturated rings. The van der Waals surface area contributed by atoms with Crippen molar-refractivity contribution in [1.82, 2.24) is 0 Å². The van der Waals surface area contributed by atoms with E-state index in [1.54, 1.807) is 20.8 Å². The third-order valence-corrected chi connectivity index (χ3v) is 1.21. The largest absolute Gasteiger partial charge is 0.454 e. The predicted molar refractivity (Wildman–Crippen MR) is 35.0 cm³/mol. The Bertz CT molecular complexity index is 191. The Labute approximate surface area is 59.6 Å². The third kappa shape index (κ3) is 1.12. The second kappa shape index (κ2) is 2.01. The highest BCUT2D eigenvalue weighted by atomic mass is 16.7. The minimum atomic E-state index is -0.666. The smallest absolute Gasteiger partial charge is 0.245 e. The Kier molecular flexibility index (Phi) is 1.43. The first-order chi connectivity index (χ1) is 4.55. The van der Waals surface area contributed by atoms with Crippen LogP contribution in [0.1, 0.15) is 20.8 Å². The molecule has 3 nitrogen and oxygen atoms in total. The molecule has 0 N–H and O–H groups in total. The fourth-order valence-corrected chi connectivity index (χ4v) is 0.884. The Morgan fingerprint density at radius 2 is 2.00 bits per heavy atom. The number of allylic oxidation sites excluding steroid dienone is 2. The van der Waals surface area contributed by atoms with E-state index in [0.717, 1.165) is 0 Å². The zero-order chi connectivity index (χ0) is 7.78. The first kappa shape index (κ1) is 7.12. The van der Waals surface area contributed by atoms with Crippen molar-refractivity contribution >= 4 is 6.29 Å². The molecule has 1 heterocycles. The van der Waals surface area contributed by atoms with Crippen molar-refractivity contribution in [2.24, 2.45) is 0 Å². The summed E-state index contributed by atoms with van der Waals surface area (Å²) in [4.78, 5) is 10.2. The van der Waals surface area contributed by atoms with Gasteiger partial charge in [-0.1, -0.05) is 0 Å². The lowest BCUT2D eigenvalue weighted by Gasteiger charge is -2.17. The molecule has 0 unspecified atom stereocenters. The van der Waals surface area contributed by atoms with Gasteiger partial charge in [0.05, 0.1) is 0 Å². The van der Waals surface area contributed by atoms with E-state index >= 15 is 0 Å². The van der Waals surface area contributed by atoms with Crippen molar-refractivity contribution < 1.29 is 14.3 Å². The van der Waals surface area contributed by atoms with Gasteiger partial charge in [0, 0.05) is 13.8 Å². The molecular formula is C7H10O3. The van der Waals surface area contributed by atoms with Crippen LogP contribution in [0, 0.1) is 0 Å². The van der Waals surface area contributed by atoms with Crippen LogP contribution in [-0.4, -0.2) is 12.1 Å². The van der Waals surface area contributed by atoms with E-state index in [1.807, 2.05) is 0 Å². The number of carbonyl (C=O) groups is 1. The molecule has 0 bridgehead atoms. The molecule has 0 aromatic heterocycles. The fraction of sp³-hybridized carbons (Fsp3) is 0.571. The summed E-state index contributed by atoms with van der Waals surface area (Å²) >= 11 is 0. The molecule has 0 radical (unpaired) electrons. The molecule has 0 amide bonds. The van der Waals surface area contributed by atoms with Crippen molar-refractivity contribution in [3.63, 3.8) is 0 Å². The van der Waals surface area contributed by atoms with Gasteiger partial charge in [-0.3, -0.25) is 4.79 Å². The zero-order valence-corrected chi connectivity index (χ0v) is 6.30. The van der Waals surface area contributed by atoms with Gasteiger partial charge in [0.1, 0.15) is 5.76 Å². The highest BCUT2D eigenvalue weighted by molar-refractivity contribution is 5.71. The second-order valence-electron chi connectivity index (χ2n) is 2.64. The first-order valence-corrected chi connectivity index (χ1v) is 3.09. The molecule has 0 aliphatic carbocycles. The predicted octanol–water partition coefficient (Wildman–Crippen LogP) is 1.20. The number of carbonyl (C=O) groups excluding carboxylic acids is 1. The van der Waals surface area contributed by atoms with Gasteiger partial charge in [-0.25, -0.2) is 0 Å². The number of ether oxygens (including phenoxy) is 2. The van der Waals surface area contributed by atoms with E-state index < -0.39 is 5.79 Å². The van der Waals surface area contributed by atoms with Gasteiger partial charge in [-0.2, -0.15) is 0 Å². The molecule has 3 heteroatoms. The minimum absolute atomic E-state index is 0.296. The maximum Gasteiger partial charge on any atom is 0.245 e. The van der Waals surface area contributed by atoms with Crippen molar-refractivity contribution in [2.45, 2.75) is 26.6 Å². The maximum absolute atomic E-state index is 10.2. The number of hydrogen-bond donors (Lipinski definition) is 0. The topological polar surface area (TPSA) is 35.5 Å². The molecule has 0 aromatic carbocycles. The Balaban J connectivity index is 2.77. The van der Waals surface area contributed by atoms with Crippen LogP contribution in [0.4, 0.5) is 0 Å². The molecule has 56 valence electrons. The summed E-state index contributed by atoms with van der Waals surface area (Å²) in [6.07, 6.45) is 0.657. The lowest BCUT2D eigenvalue weighted by Crippen LogP contribution is -2.20. The number of hydrogen-bond acceptors (Lipinski definition) is 3. The average molecular weight is 142 g/mol. The molecule has 0 saturated carbocycles. The molecule has 0 saturated heterocycles. The molecule has 1 aliphatic rings. The standard InChI is InChI=1S/C7H10O3/c1-5-6(4-8)10-7(2,3)9-5/h4H,1-3H3. The van der Waals surface area contributed by atoms with Crippen molar-refractivity contribution in [3.05, 3.63) is 11.5 Å². The van der Waals surface area contributed by atoms with Crippen LogP contribution in [0.5, 0.6) is 0 Å². The van der Waals surface area contributed by atoms with Gasteiger partial charge in [0.2, 0.25) is 11.5 Å². The maximum atomic E-state index is 10.2. The van der Waals surface area contributed by atoms with Crippen LogP contribution >= 0.6 is 0 Å². The van der Waals surface area contributed by atoms with Crippen LogP contribution in [0.2, 0.25) is 0 Å². The molecule has 0 atom stereocenters. The Hall–Kier alpha value is -0.990. The van der Waals surface area contributed by atoms with E-state index in [0.29, 0.717) is 17.8 Å². The van der Waals surface area contributed by atoms with Crippen LogP contribution in [0.15, 0.2) is 11.5 Å². The van der Waals surface area contributed by atoms with Gasteiger partial charge in [-0.15, -0.1) is 0 Å². The fourth-order valence-electron chi connectivity index (χ4n) is 0.884. The molecular weight excluding hydrogens is 132 g/mol. The summed E-state index contributed by atoms with van der Waals surface area (Å²) in [5, 5.41) is 0. The van der Waals surface area contributed by atoms with Gasteiger partial charge in [-0.05, 0) is 6.92 Å². The van der Waals surface area contributed by atoms with Gasteiger partial charge >= 0.3 is 0 Å². The van der Waals surface area contributed by atoms with Crippen LogP contribution in [0.25, 0.3) is 0 Å². The lowest BCUT2D eigenvalue weighted by molar-refractivity contribution is -0.131. The highest BCUT2D eigenvalue weighted by Crippen LogP contribution is 2.28. The first-order valence-electron chi connectivity index (χ1n) is 3.09. The van der Waals surface area contributed by atoms with E-state index in [9.17, 15) is 4.79 Å². The number of aldehydes is 1. The molecule has 1 rings (SSSR count). The Morgan fingerprint density at radius 1 is 1.40 bits per heavy atom. The van der Waals surface area contributed by atoms with E-state index in [1.165, 1.54) is 0 Å². The van der Waals surface area contributed by atoms with Gasteiger partial charge in [0.25, 0.3) is 0 Å². The van der Waals surface area contributed by atoms with Gasteiger partial charge in [0.15, 0.2) is 6.29 Å². The van der Waals surface area contributed by atoms with Crippen LogP contribution in [0.3, 0.4) is 0 Å². The molecule has 1 aliphatic heterocycles. The van der Waals surface area contributed by atoms with Crippen LogP contribution < -0.4 is 0 Å². The second-order valence-corrected chi connectivity index (χ2v) is 2.64. The van der Waals surface area contributed by atoms with Crippen molar-refractivity contribution in [3.8, 4) is 0 Å². The summed E-state index contributed by atoms with van der Waals surface area (Å²) in [6.45, 7) is 5.22. The number of rotatable bonds is 1.